The molecular formula is C23H34N6O4. The number of nitrogens with zero attached hydrogens (tertiary/aromatic N) is 4. The van der Waals surface area contributed by atoms with E-state index in [9.17, 15) is 9.59 Å². The fourth-order valence-corrected chi connectivity index (χ4v) is 3.85. The molecule has 2 aliphatic rings. The van der Waals surface area contributed by atoms with E-state index in [0.717, 1.165) is 24.0 Å². The molecule has 1 saturated heterocycles. The van der Waals surface area contributed by atoms with Gasteiger partial charge in [0.1, 0.15) is 17.0 Å². The summed E-state index contributed by atoms with van der Waals surface area (Å²) >= 11 is 0. The van der Waals surface area contributed by atoms with E-state index < -0.39 is 11.6 Å². The Hall–Kier alpha value is -3.17. The van der Waals surface area contributed by atoms with Crippen molar-refractivity contribution in [1.29, 1.82) is 0 Å². The Morgan fingerprint density at radius 1 is 1.24 bits per heavy atom. The standard InChI is InChI=1S/C21H28N6O4.C2H6/c1-5-30-18(28)17-14-7-6-12-10-22-19(24-15(12)16(14)25-26-17)23-13-8-9-27(11-13)20(29)31-21(2,3)4;1-2/h10,13H,5-9,11H2,1-4H3,(H,25,26)(H,22,23,24);1-2H3. The number of carbonyl (C=O) groups is 2. The predicted octanol–water partition coefficient (Wildman–Crippen LogP) is 3.59. The maximum absolute atomic E-state index is 12.3. The second-order valence-corrected chi connectivity index (χ2v) is 8.77. The Labute approximate surface area is 194 Å². The summed E-state index contributed by atoms with van der Waals surface area (Å²) in [5.41, 5.74) is 3.06. The number of aromatic nitrogens is 4. The second-order valence-electron chi connectivity index (χ2n) is 8.77. The highest BCUT2D eigenvalue weighted by Gasteiger charge is 2.31. The third-order valence-electron chi connectivity index (χ3n) is 5.25. The third-order valence-corrected chi connectivity index (χ3v) is 5.25. The van der Waals surface area contributed by atoms with Gasteiger partial charge >= 0.3 is 12.1 Å². The van der Waals surface area contributed by atoms with Crippen LogP contribution in [-0.4, -0.2) is 68.5 Å². The van der Waals surface area contributed by atoms with Crippen LogP contribution >= 0.6 is 0 Å². The SMILES string of the molecule is CC.CCOC(=O)c1[nH]nc2c1CCc1cnc(NC3CCN(C(=O)OC(C)(C)C)C3)nc1-2. The molecule has 180 valence electrons. The number of anilines is 1. The molecule has 2 aromatic rings. The average Bonchev–Trinajstić information content (AvgIpc) is 3.41. The Balaban J connectivity index is 0.00000149. The fraction of sp³-hybridized carbons (Fsp3) is 0.609. The molecule has 1 atom stereocenters. The van der Waals surface area contributed by atoms with Crippen molar-refractivity contribution in [2.45, 2.75) is 72.4 Å². The molecule has 1 aliphatic carbocycles. The summed E-state index contributed by atoms with van der Waals surface area (Å²) in [6.07, 6.45) is 3.67. The molecule has 3 heterocycles. The fourth-order valence-electron chi connectivity index (χ4n) is 3.85. The van der Waals surface area contributed by atoms with Crippen molar-refractivity contribution in [1.82, 2.24) is 25.1 Å². The first-order chi connectivity index (χ1) is 15.7. The molecule has 0 bridgehead atoms. The van der Waals surface area contributed by atoms with Gasteiger partial charge in [-0.3, -0.25) is 5.10 Å². The zero-order valence-electron chi connectivity index (χ0n) is 20.3. The zero-order valence-corrected chi connectivity index (χ0v) is 20.3. The van der Waals surface area contributed by atoms with Gasteiger partial charge in [-0.1, -0.05) is 13.8 Å². The van der Waals surface area contributed by atoms with Crippen molar-refractivity contribution < 1.29 is 19.1 Å². The number of likely N-dealkylation sites (tertiary alicyclic amines) is 1. The monoisotopic (exact) mass is 458 g/mol. The highest BCUT2D eigenvalue weighted by atomic mass is 16.6. The number of hydrogen-bond acceptors (Lipinski definition) is 8. The molecule has 33 heavy (non-hydrogen) atoms. The van der Waals surface area contributed by atoms with Crippen LogP contribution in [0.3, 0.4) is 0 Å². The lowest BCUT2D eigenvalue weighted by Gasteiger charge is -2.24. The molecule has 1 amide bonds. The van der Waals surface area contributed by atoms with Crippen molar-refractivity contribution in [2.24, 2.45) is 0 Å². The lowest BCUT2D eigenvalue weighted by atomic mass is 9.93. The number of nitrogens with one attached hydrogen (secondary N) is 2. The molecule has 2 N–H and O–H groups in total. The van der Waals surface area contributed by atoms with Crippen LogP contribution in [-0.2, 0) is 22.3 Å². The molecule has 1 fully saturated rings. The molecule has 0 spiro atoms. The topological polar surface area (TPSA) is 122 Å². The third kappa shape index (κ3) is 5.61. The van der Waals surface area contributed by atoms with Gasteiger partial charge in [0.2, 0.25) is 5.95 Å². The smallest absolute Gasteiger partial charge is 0.410 e. The van der Waals surface area contributed by atoms with E-state index >= 15 is 0 Å². The first-order valence-electron chi connectivity index (χ1n) is 11.6. The van der Waals surface area contributed by atoms with Gasteiger partial charge in [0.05, 0.1) is 12.3 Å². The van der Waals surface area contributed by atoms with E-state index in [1.54, 1.807) is 18.0 Å². The summed E-state index contributed by atoms with van der Waals surface area (Å²) in [6.45, 7) is 12.8. The first kappa shape index (κ1) is 24.5. The van der Waals surface area contributed by atoms with Crippen LogP contribution in [0.2, 0.25) is 0 Å². The molecule has 10 nitrogen and oxygen atoms in total. The highest BCUT2D eigenvalue weighted by molar-refractivity contribution is 5.91. The highest BCUT2D eigenvalue weighted by Crippen LogP contribution is 2.33. The normalized spacial score (nSPS) is 16.8. The van der Waals surface area contributed by atoms with Gasteiger partial charge in [0.15, 0.2) is 0 Å². The van der Waals surface area contributed by atoms with Gasteiger partial charge < -0.3 is 19.7 Å². The molecule has 10 heteroatoms. The van der Waals surface area contributed by atoms with Crippen molar-refractivity contribution in [3.63, 3.8) is 0 Å². The number of rotatable bonds is 4. The first-order valence-corrected chi connectivity index (χ1v) is 11.6. The molecule has 1 aliphatic heterocycles. The van der Waals surface area contributed by atoms with E-state index in [0.29, 0.717) is 49.1 Å². The minimum Gasteiger partial charge on any atom is -0.461 e. The molecule has 2 aromatic heterocycles. The number of esters is 1. The zero-order chi connectivity index (χ0) is 24.2. The van der Waals surface area contributed by atoms with Gasteiger partial charge in [0.25, 0.3) is 0 Å². The van der Waals surface area contributed by atoms with E-state index in [4.69, 9.17) is 9.47 Å². The van der Waals surface area contributed by atoms with Crippen LogP contribution < -0.4 is 5.32 Å². The summed E-state index contributed by atoms with van der Waals surface area (Å²) in [4.78, 5) is 35.3. The molecule has 1 unspecified atom stereocenters. The average molecular weight is 459 g/mol. The van der Waals surface area contributed by atoms with Crippen molar-refractivity contribution in [3.8, 4) is 11.4 Å². The summed E-state index contributed by atoms with van der Waals surface area (Å²) in [7, 11) is 0. The maximum Gasteiger partial charge on any atom is 0.410 e. The van der Waals surface area contributed by atoms with Crippen molar-refractivity contribution in [3.05, 3.63) is 23.0 Å². The lowest BCUT2D eigenvalue weighted by molar-refractivity contribution is 0.0293. The Kier molecular flexibility index (Phi) is 7.55. The lowest BCUT2D eigenvalue weighted by Crippen LogP contribution is -2.36. The number of aryl methyl sites for hydroxylation is 1. The van der Waals surface area contributed by atoms with Gasteiger partial charge in [-0.2, -0.15) is 5.10 Å². The largest absolute Gasteiger partial charge is 0.461 e. The Morgan fingerprint density at radius 3 is 2.70 bits per heavy atom. The maximum atomic E-state index is 12.3. The predicted molar refractivity (Wildman–Crippen MR) is 124 cm³/mol. The van der Waals surface area contributed by atoms with Gasteiger partial charge in [-0.15, -0.1) is 0 Å². The quantitative estimate of drug-likeness (QED) is 0.667. The van der Waals surface area contributed by atoms with E-state index in [1.165, 1.54) is 0 Å². The molecule has 0 radical (unpaired) electrons. The second kappa shape index (κ2) is 10.2. The van der Waals surface area contributed by atoms with E-state index in [1.807, 2.05) is 34.6 Å². The summed E-state index contributed by atoms with van der Waals surface area (Å²) in [5, 5.41) is 10.5. The number of aromatic amines is 1. The van der Waals surface area contributed by atoms with Gasteiger partial charge in [0, 0.05) is 30.9 Å². The van der Waals surface area contributed by atoms with Crippen molar-refractivity contribution >= 4 is 18.0 Å². The van der Waals surface area contributed by atoms with Crippen LogP contribution in [0.1, 0.15) is 69.6 Å². The number of carbonyl (C=O) groups excluding carboxylic acids is 2. The molecule has 0 saturated carbocycles. The number of ether oxygens (including phenoxy) is 2. The molecule has 0 aromatic carbocycles. The summed E-state index contributed by atoms with van der Waals surface area (Å²) < 4.78 is 10.6. The van der Waals surface area contributed by atoms with E-state index in [2.05, 4.69) is 25.5 Å². The summed E-state index contributed by atoms with van der Waals surface area (Å²) in [5.74, 6) is 0.0728. The van der Waals surface area contributed by atoms with E-state index in [-0.39, 0.29) is 12.1 Å². The van der Waals surface area contributed by atoms with Gasteiger partial charge in [-0.05, 0) is 52.5 Å². The van der Waals surface area contributed by atoms with Crippen LogP contribution in [0.5, 0.6) is 0 Å². The van der Waals surface area contributed by atoms with Gasteiger partial charge in [-0.25, -0.2) is 19.6 Å². The molecular weight excluding hydrogens is 424 g/mol. The number of amides is 1. The van der Waals surface area contributed by atoms with Crippen LogP contribution in [0.25, 0.3) is 11.4 Å². The minimum atomic E-state index is -0.520. The number of fused-ring (bicyclic) bond motifs is 3. The van der Waals surface area contributed by atoms with Crippen molar-refractivity contribution in [2.75, 3.05) is 25.0 Å². The molecule has 4 rings (SSSR count). The Bertz CT molecular complexity index is 997. The summed E-state index contributed by atoms with van der Waals surface area (Å²) in [6, 6.07) is 0.0305. The Morgan fingerprint density at radius 2 is 2.00 bits per heavy atom. The van der Waals surface area contributed by atoms with Crippen LogP contribution in [0.4, 0.5) is 10.7 Å². The minimum absolute atomic E-state index is 0.0305. The number of H-pyrrole nitrogens is 1. The van der Waals surface area contributed by atoms with Crippen LogP contribution in [0, 0.1) is 0 Å². The number of hydrogen-bond donors (Lipinski definition) is 2. The van der Waals surface area contributed by atoms with Crippen LogP contribution in [0.15, 0.2) is 6.20 Å².